The smallest absolute Gasteiger partial charge is 0.544 e. The predicted molar refractivity (Wildman–Crippen MR) is 60.2 cm³/mol. The van der Waals surface area contributed by atoms with Crippen LogP contribution in [-0.2, 0) is 6.42 Å². The number of carboxylic acid groups (broad SMARTS) is 1. The minimum Gasteiger partial charge on any atom is -0.544 e. The van der Waals surface area contributed by atoms with Crippen LogP contribution in [-0.4, -0.2) is 5.97 Å². The van der Waals surface area contributed by atoms with E-state index >= 15 is 0 Å². The van der Waals surface area contributed by atoms with Crippen LogP contribution in [0, 0.1) is 0 Å². The van der Waals surface area contributed by atoms with Crippen molar-refractivity contribution in [3.05, 3.63) is 34.7 Å². The Morgan fingerprint density at radius 3 is 2.75 bits per heavy atom. The number of benzene rings is 1. The molecule has 0 saturated heterocycles. The van der Waals surface area contributed by atoms with Crippen LogP contribution in [0.2, 0.25) is 0 Å². The van der Waals surface area contributed by atoms with E-state index in [1.54, 1.807) is 6.07 Å². The van der Waals surface area contributed by atoms with E-state index in [1.807, 2.05) is 6.07 Å². The van der Waals surface area contributed by atoms with Gasteiger partial charge in [-0.3, -0.25) is 0 Å². The first kappa shape index (κ1) is 14.5. The van der Waals surface area contributed by atoms with Crippen molar-refractivity contribution < 1.29 is 68.1 Å². The van der Waals surface area contributed by atoms with Gasteiger partial charge in [0.1, 0.15) is 0 Å². The number of carbonyl (C=O) groups excluding carboxylic acids is 1. The molecule has 1 heterocycles. The standard InChI is InChI=1S/C12H12O2S.Rb/c1-2-3-8-4-5-9-7-11(12(13)14)15-10(9)6-8;/h4-7H,2-3H2,1H3,(H,13,14);/q;+1/p-1. The van der Waals surface area contributed by atoms with Crippen molar-refractivity contribution in [1.29, 1.82) is 0 Å². The second kappa shape index (κ2) is 6.40. The number of hydrogen-bond donors (Lipinski definition) is 0. The molecule has 1 aromatic carbocycles. The molecule has 0 N–H and O–H groups in total. The number of carboxylic acids is 1. The quantitative estimate of drug-likeness (QED) is 0.746. The van der Waals surface area contributed by atoms with Gasteiger partial charge in [-0.05, 0) is 29.5 Å². The summed E-state index contributed by atoms with van der Waals surface area (Å²) < 4.78 is 1.03. The molecule has 2 nitrogen and oxygen atoms in total. The van der Waals surface area contributed by atoms with Crippen LogP contribution in [0.25, 0.3) is 10.1 Å². The number of aryl methyl sites for hydroxylation is 1. The monoisotopic (exact) mass is 304 g/mol. The van der Waals surface area contributed by atoms with Gasteiger partial charge >= 0.3 is 58.2 Å². The molecule has 0 spiro atoms. The molecule has 0 amide bonds. The number of thiophene rings is 1. The van der Waals surface area contributed by atoms with Crippen molar-refractivity contribution in [3.8, 4) is 0 Å². The molecular formula is C12H11O2RbS. The third kappa shape index (κ3) is 3.23. The average molecular weight is 305 g/mol. The molecule has 0 atom stereocenters. The topological polar surface area (TPSA) is 40.1 Å². The molecule has 0 bridgehead atoms. The molecule has 2 aromatic rings. The Balaban J connectivity index is 0.00000128. The van der Waals surface area contributed by atoms with Gasteiger partial charge in [0.15, 0.2) is 0 Å². The maximum atomic E-state index is 10.7. The Morgan fingerprint density at radius 1 is 1.38 bits per heavy atom. The van der Waals surface area contributed by atoms with Crippen molar-refractivity contribution in [2.45, 2.75) is 19.8 Å². The fourth-order valence-electron chi connectivity index (χ4n) is 1.62. The zero-order valence-corrected chi connectivity index (χ0v) is 15.2. The normalized spacial score (nSPS) is 10.1. The summed E-state index contributed by atoms with van der Waals surface area (Å²) in [6.45, 7) is 2.13. The number of carbonyl (C=O) groups is 1. The first-order valence-electron chi connectivity index (χ1n) is 4.94. The fraction of sp³-hybridized carbons (Fsp3) is 0.250. The molecule has 0 radical (unpaired) electrons. The van der Waals surface area contributed by atoms with Crippen LogP contribution in [0.15, 0.2) is 24.3 Å². The Labute approximate surface area is 147 Å². The predicted octanol–water partition coefficient (Wildman–Crippen LogP) is -0.779. The molecule has 1 aromatic heterocycles. The van der Waals surface area contributed by atoms with Crippen LogP contribution >= 0.6 is 11.3 Å². The maximum Gasteiger partial charge on any atom is 1.00 e. The van der Waals surface area contributed by atoms with Crippen LogP contribution in [0.1, 0.15) is 28.6 Å². The molecule has 0 fully saturated rings. The van der Waals surface area contributed by atoms with Crippen molar-refractivity contribution in [1.82, 2.24) is 0 Å². The van der Waals surface area contributed by atoms with E-state index in [0.717, 1.165) is 22.9 Å². The Morgan fingerprint density at radius 2 is 2.12 bits per heavy atom. The van der Waals surface area contributed by atoms with Gasteiger partial charge in [-0.2, -0.15) is 0 Å². The maximum absolute atomic E-state index is 10.7. The van der Waals surface area contributed by atoms with Gasteiger partial charge in [-0.25, -0.2) is 0 Å². The van der Waals surface area contributed by atoms with Gasteiger partial charge in [0.25, 0.3) is 0 Å². The van der Waals surface area contributed by atoms with Gasteiger partial charge < -0.3 is 9.90 Å². The third-order valence-electron chi connectivity index (χ3n) is 2.32. The summed E-state index contributed by atoms with van der Waals surface area (Å²) in [5.74, 6) is -1.09. The zero-order chi connectivity index (χ0) is 10.8. The largest absolute Gasteiger partial charge is 1.00 e. The average Bonchev–Trinajstić information content (AvgIpc) is 2.61. The molecular weight excluding hydrogens is 294 g/mol. The van der Waals surface area contributed by atoms with Gasteiger partial charge in [0, 0.05) is 4.70 Å². The number of fused-ring (bicyclic) bond motifs is 1. The molecule has 0 aliphatic carbocycles. The SMILES string of the molecule is CCCc1ccc2cc(C(=O)[O-])sc2c1.[Rb+]. The van der Waals surface area contributed by atoms with Crippen molar-refractivity contribution >= 4 is 27.4 Å². The van der Waals surface area contributed by atoms with Gasteiger partial charge in [-0.1, -0.05) is 25.5 Å². The van der Waals surface area contributed by atoms with E-state index in [4.69, 9.17) is 0 Å². The van der Waals surface area contributed by atoms with E-state index in [9.17, 15) is 9.90 Å². The molecule has 0 aliphatic heterocycles. The molecule has 4 heteroatoms. The second-order valence-corrected chi connectivity index (χ2v) is 4.60. The van der Waals surface area contributed by atoms with E-state index in [0.29, 0.717) is 4.88 Å². The van der Waals surface area contributed by atoms with Crippen LogP contribution in [0.4, 0.5) is 0 Å². The van der Waals surface area contributed by atoms with E-state index < -0.39 is 5.97 Å². The summed E-state index contributed by atoms with van der Waals surface area (Å²) in [5.41, 5.74) is 1.26. The minimum absolute atomic E-state index is 0. The van der Waals surface area contributed by atoms with E-state index in [2.05, 4.69) is 19.1 Å². The molecule has 78 valence electrons. The summed E-state index contributed by atoms with van der Waals surface area (Å²) in [5, 5.41) is 11.7. The Bertz CT molecular complexity index is 505. The first-order chi connectivity index (χ1) is 7.20. The first-order valence-corrected chi connectivity index (χ1v) is 5.76. The van der Waals surface area contributed by atoms with Crippen LogP contribution < -0.4 is 63.3 Å². The third-order valence-corrected chi connectivity index (χ3v) is 3.40. The zero-order valence-electron chi connectivity index (χ0n) is 9.45. The number of rotatable bonds is 3. The number of aromatic carboxylic acids is 1. The number of hydrogen-bond acceptors (Lipinski definition) is 3. The minimum atomic E-state index is -1.09. The van der Waals surface area contributed by atoms with Crippen molar-refractivity contribution in [2.75, 3.05) is 0 Å². The Kier molecular flexibility index (Phi) is 5.81. The molecule has 0 saturated carbocycles. The van der Waals surface area contributed by atoms with Crippen LogP contribution in [0.3, 0.4) is 0 Å². The molecule has 2 rings (SSSR count). The van der Waals surface area contributed by atoms with Gasteiger partial charge in [-0.15, -0.1) is 11.3 Å². The summed E-state index contributed by atoms with van der Waals surface area (Å²) in [6.07, 6.45) is 2.14. The van der Waals surface area contributed by atoms with Gasteiger partial charge in [0.2, 0.25) is 0 Å². The van der Waals surface area contributed by atoms with Crippen LogP contribution in [0.5, 0.6) is 0 Å². The summed E-state index contributed by atoms with van der Waals surface area (Å²) in [6, 6.07) is 7.77. The second-order valence-electron chi connectivity index (χ2n) is 3.52. The van der Waals surface area contributed by atoms with Gasteiger partial charge in [0.05, 0.1) is 10.8 Å². The summed E-state index contributed by atoms with van der Waals surface area (Å²) >= 11 is 1.28. The van der Waals surface area contributed by atoms with E-state index in [-0.39, 0.29) is 58.2 Å². The van der Waals surface area contributed by atoms with Crippen molar-refractivity contribution in [3.63, 3.8) is 0 Å². The molecule has 0 unspecified atom stereocenters. The molecule has 16 heavy (non-hydrogen) atoms. The summed E-state index contributed by atoms with van der Waals surface area (Å²) in [4.78, 5) is 11.0. The van der Waals surface area contributed by atoms with Crippen molar-refractivity contribution in [2.24, 2.45) is 0 Å². The van der Waals surface area contributed by atoms with E-state index in [1.165, 1.54) is 16.9 Å². The summed E-state index contributed by atoms with van der Waals surface area (Å²) in [7, 11) is 0. The Hall–Kier alpha value is 0.455. The molecule has 0 aliphatic rings. The fourth-order valence-corrected chi connectivity index (χ4v) is 2.58.